The van der Waals surface area contributed by atoms with Crippen molar-refractivity contribution in [2.75, 3.05) is 27.1 Å². The van der Waals surface area contributed by atoms with E-state index in [9.17, 15) is 5.11 Å². The van der Waals surface area contributed by atoms with Crippen LogP contribution >= 0.6 is 0 Å². The van der Waals surface area contributed by atoms with E-state index in [1.807, 2.05) is 24.3 Å². The summed E-state index contributed by atoms with van der Waals surface area (Å²) in [6.07, 6.45) is 3.92. The Labute approximate surface area is 120 Å². The van der Waals surface area contributed by atoms with Crippen molar-refractivity contribution in [2.24, 2.45) is 0 Å². The lowest BCUT2D eigenvalue weighted by Crippen LogP contribution is -2.23. The number of hydrogen-bond acceptors (Lipinski definition) is 4. The zero-order valence-electron chi connectivity index (χ0n) is 12.1. The van der Waals surface area contributed by atoms with Crippen molar-refractivity contribution in [1.29, 1.82) is 0 Å². The van der Waals surface area contributed by atoms with Crippen LogP contribution in [-0.4, -0.2) is 38.3 Å². The van der Waals surface area contributed by atoms with E-state index in [4.69, 9.17) is 14.2 Å². The van der Waals surface area contributed by atoms with Crippen molar-refractivity contribution in [3.05, 3.63) is 29.8 Å². The molecular formula is C16H24O4. The van der Waals surface area contributed by atoms with Gasteiger partial charge >= 0.3 is 0 Å². The lowest BCUT2D eigenvalue weighted by atomic mass is 9.81. The summed E-state index contributed by atoms with van der Waals surface area (Å²) in [7, 11) is 1.64. The summed E-state index contributed by atoms with van der Waals surface area (Å²) in [4.78, 5) is 0. The summed E-state index contributed by atoms with van der Waals surface area (Å²) in [5, 5.41) is 10.2. The van der Waals surface area contributed by atoms with E-state index < -0.39 is 0 Å². The monoisotopic (exact) mass is 280 g/mol. The Morgan fingerprint density at radius 1 is 1.15 bits per heavy atom. The molecule has 0 aliphatic heterocycles. The lowest BCUT2D eigenvalue weighted by Gasteiger charge is -2.29. The zero-order chi connectivity index (χ0) is 14.2. The fourth-order valence-electron chi connectivity index (χ4n) is 2.70. The smallest absolute Gasteiger partial charge is 0.189 e. The molecule has 0 saturated heterocycles. The van der Waals surface area contributed by atoms with Gasteiger partial charge in [0.2, 0.25) is 0 Å². The maximum Gasteiger partial charge on any atom is 0.189 e. The van der Waals surface area contributed by atoms with E-state index in [2.05, 4.69) is 0 Å². The second kappa shape index (κ2) is 8.25. The average Bonchev–Trinajstić information content (AvgIpc) is 2.48. The molecule has 2 rings (SSSR count). The molecule has 1 fully saturated rings. The molecule has 112 valence electrons. The van der Waals surface area contributed by atoms with Crippen LogP contribution in [0.3, 0.4) is 0 Å². The second-order valence-corrected chi connectivity index (χ2v) is 5.16. The Hall–Kier alpha value is -1.10. The van der Waals surface area contributed by atoms with E-state index in [0.29, 0.717) is 13.2 Å². The molecule has 1 N–H and O–H groups in total. The number of para-hydroxylation sites is 1. The molecule has 2 atom stereocenters. The van der Waals surface area contributed by atoms with Crippen LogP contribution in [0.15, 0.2) is 24.3 Å². The van der Waals surface area contributed by atoms with Gasteiger partial charge in [0.15, 0.2) is 6.79 Å². The molecule has 0 unspecified atom stereocenters. The van der Waals surface area contributed by atoms with Gasteiger partial charge in [-0.1, -0.05) is 31.0 Å². The van der Waals surface area contributed by atoms with Crippen LogP contribution in [0.2, 0.25) is 0 Å². The first-order valence-corrected chi connectivity index (χ1v) is 7.29. The highest BCUT2D eigenvalue weighted by Crippen LogP contribution is 2.37. The number of rotatable bonds is 7. The van der Waals surface area contributed by atoms with Gasteiger partial charge in [-0.25, -0.2) is 0 Å². The molecule has 0 heterocycles. The first-order chi connectivity index (χ1) is 9.83. The zero-order valence-corrected chi connectivity index (χ0v) is 12.1. The van der Waals surface area contributed by atoms with Crippen molar-refractivity contribution >= 4 is 0 Å². The van der Waals surface area contributed by atoms with Gasteiger partial charge in [0.05, 0.1) is 19.3 Å². The maximum absolute atomic E-state index is 10.2. The average molecular weight is 280 g/mol. The molecule has 1 saturated carbocycles. The molecule has 4 heteroatoms. The van der Waals surface area contributed by atoms with Crippen LogP contribution in [-0.2, 0) is 9.47 Å². The third-order valence-electron chi connectivity index (χ3n) is 3.78. The predicted molar refractivity (Wildman–Crippen MR) is 77.0 cm³/mol. The molecule has 0 amide bonds. The van der Waals surface area contributed by atoms with Crippen molar-refractivity contribution in [3.63, 3.8) is 0 Å². The normalized spacial score (nSPS) is 22.7. The first-order valence-electron chi connectivity index (χ1n) is 7.29. The van der Waals surface area contributed by atoms with Gasteiger partial charge < -0.3 is 19.3 Å². The minimum absolute atomic E-state index is 0.180. The summed E-state index contributed by atoms with van der Waals surface area (Å²) in [6.45, 7) is 1.29. The van der Waals surface area contributed by atoms with Crippen molar-refractivity contribution in [1.82, 2.24) is 0 Å². The standard InChI is InChI=1S/C16H24O4/c1-18-10-11-19-12-20-16-9-5-3-7-14(16)13-6-2-4-8-15(13)17/h3,5,7,9,13,15,17H,2,4,6,8,10-12H2,1H3/t13-,15+/m0/s1. The van der Waals surface area contributed by atoms with Crippen LogP contribution in [0.25, 0.3) is 0 Å². The summed E-state index contributed by atoms with van der Waals surface area (Å²) < 4.78 is 15.9. The maximum atomic E-state index is 10.2. The predicted octanol–water partition coefficient (Wildman–Crippen LogP) is 2.70. The Balaban J connectivity index is 1.95. The minimum atomic E-state index is -0.261. The molecule has 1 aliphatic carbocycles. The molecule has 20 heavy (non-hydrogen) atoms. The van der Waals surface area contributed by atoms with Crippen molar-refractivity contribution < 1.29 is 19.3 Å². The van der Waals surface area contributed by atoms with Gasteiger partial charge in [0.1, 0.15) is 5.75 Å². The lowest BCUT2D eigenvalue weighted by molar-refractivity contribution is -0.00961. The molecular weight excluding hydrogens is 256 g/mol. The highest BCUT2D eigenvalue weighted by atomic mass is 16.7. The highest BCUT2D eigenvalue weighted by Gasteiger charge is 2.26. The van der Waals surface area contributed by atoms with Crippen LogP contribution in [0.5, 0.6) is 5.75 Å². The molecule has 1 aromatic rings. The van der Waals surface area contributed by atoms with Gasteiger partial charge in [0, 0.05) is 13.0 Å². The minimum Gasteiger partial charge on any atom is -0.467 e. The van der Waals surface area contributed by atoms with Gasteiger partial charge in [-0.05, 0) is 24.5 Å². The SMILES string of the molecule is COCCOCOc1ccccc1[C@@H]1CCCC[C@H]1O. The van der Waals surface area contributed by atoms with E-state index in [1.54, 1.807) is 7.11 Å². The van der Waals surface area contributed by atoms with E-state index >= 15 is 0 Å². The molecule has 0 radical (unpaired) electrons. The molecule has 1 aromatic carbocycles. The van der Waals surface area contributed by atoms with Crippen LogP contribution in [0, 0.1) is 0 Å². The molecule has 4 nitrogen and oxygen atoms in total. The van der Waals surface area contributed by atoms with Crippen LogP contribution < -0.4 is 4.74 Å². The Morgan fingerprint density at radius 2 is 1.95 bits per heavy atom. The summed E-state index contributed by atoms with van der Waals surface area (Å²) in [6, 6.07) is 7.93. The van der Waals surface area contributed by atoms with Gasteiger partial charge in [-0.15, -0.1) is 0 Å². The number of aliphatic hydroxyl groups excluding tert-OH is 1. The number of hydrogen-bond donors (Lipinski definition) is 1. The largest absolute Gasteiger partial charge is 0.467 e. The Morgan fingerprint density at radius 3 is 2.75 bits per heavy atom. The summed E-state index contributed by atoms with van der Waals surface area (Å²) in [5.74, 6) is 0.995. The van der Waals surface area contributed by atoms with E-state index in [0.717, 1.165) is 30.6 Å². The quantitative estimate of drug-likeness (QED) is 0.616. The summed E-state index contributed by atoms with van der Waals surface area (Å²) >= 11 is 0. The van der Waals surface area contributed by atoms with Crippen molar-refractivity contribution in [3.8, 4) is 5.75 Å². The summed E-state index contributed by atoms with van der Waals surface area (Å²) in [5.41, 5.74) is 1.09. The molecule has 0 bridgehead atoms. The Bertz CT molecular complexity index is 394. The third-order valence-corrected chi connectivity index (χ3v) is 3.78. The number of aliphatic hydroxyl groups is 1. The second-order valence-electron chi connectivity index (χ2n) is 5.16. The van der Waals surface area contributed by atoms with Gasteiger partial charge in [-0.2, -0.15) is 0 Å². The van der Waals surface area contributed by atoms with Crippen LogP contribution in [0.1, 0.15) is 37.2 Å². The number of benzene rings is 1. The molecule has 0 spiro atoms. The van der Waals surface area contributed by atoms with E-state index in [-0.39, 0.29) is 18.8 Å². The van der Waals surface area contributed by atoms with Gasteiger partial charge in [-0.3, -0.25) is 0 Å². The van der Waals surface area contributed by atoms with E-state index in [1.165, 1.54) is 6.42 Å². The first kappa shape index (κ1) is 15.3. The van der Waals surface area contributed by atoms with Gasteiger partial charge in [0.25, 0.3) is 0 Å². The van der Waals surface area contributed by atoms with Crippen LogP contribution in [0.4, 0.5) is 0 Å². The number of methoxy groups -OCH3 is 1. The molecule has 1 aliphatic rings. The fraction of sp³-hybridized carbons (Fsp3) is 0.625. The molecule has 0 aromatic heterocycles. The third kappa shape index (κ3) is 4.20. The topological polar surface area (TPSA) is 47.9 Å². The highest BCUT2D eigenvalue weighted by molar-refractivity contribution is 5.37. The Kier molecular flexibility index (Phi) is 6.30. The number of ether oxygens (including phenoxy) is 3. The van der Waals surface area contributed by atoms with Crippen molar-refractivity contribution in [2.45, 2.75) is 37.7 Å². The fourth-order valence-corrected chi connectivity index (χ4v) is 2.70.